The molecule has 1 N–H and O–H groups in total. The minimum Gasteiger partial charge on any atom is -0.450 e. The number of nitrogens with zero attached hydrogens (tertiary/aromatic N) is 3. The van der Waals surface area contributed by atoms with Crippen LogP contribution in [0.3, 0.4) is 0 Å². The monoisotopic (exact) mass is 292 g/mol. The zero-order chi connectivity index (χ0) is 14.8. The van der Waals surface area contributed by atoms with E-state index in [0.29, 0.717) is 38.7 Å². The zero-order valence-electron chi connectivity index (χ0n) is 12.2. The van der Waals surface area contributed by atoms with Crippen molar-refractivity contribution < 1.29 is 9.53 Å². The smallest absolute Gasteiger partial charge is 0.409 e. The summed E-state index contributed by atoms with van der Waals surface area (Å²) in [4.78, 5) is 34.8. The maximum Gasteiger partial charge on any atom is 0.409 e. The molecule has 7 nitrogen and oxygen atoms in total. The second-order valence-electron chi connectivity index (χ2n) is 5.34. The Kier molecular flexibility index (Phi) is 3.81. The Bertz CT molecular complexity index is 590. The summed E-state index contributed by atoms with van der Waals surface area (Å²) in [5, 5.41) is 0. The predicted molar refractivity (Wildman–Crippen MR) is 77.7 cm³/mol. The Morgan fingerprint density at radius 3 is 2.76 bits per heavy atom. The largest absolute Gasteiger partial charge is 0.450 e. The molecule has 0 bridgehead atoms. The molecular formula is C14H20N4O3. The molecule has 0 aromatic carbocycles. The number of anilines is 1. The number of aromatic nitrogens is 2. The summed E-state index contributed by atoms with van der Waals surface area (Å²) < 4.78 is 5.00. The van der Waals surface area contributed by atoms with Crippen LogP contribution in [0.5, 0.6) is 0 Å². The van der Waals surface area contributed by atoms with Crippen molar-refractivity contribution in [2.75, 3.05) is 37.7 Å². The lowest BCUT2D eigenvalue weighted by molar-refractivity contribution is 0.105. The Labute approximate surface area is 122 Å². The number of piperazine rings is 1. The number of fused-ring (bicyclic) bond motifs is 1. The van der Waals surface area contributed by atoms with Crippen LogP contribution in [0.2, 0.25) is 0 Å². The first kappa shape index (κ1) is 13.9. The fourth-order valence-corrected chi connectivity index (χ4v) is 2.89. The Morgan fingerprint density at radius 2 is 2.05 bits per heavy atom. The molecule has 0 atom stereocenters. The molecule has 0 unspecified atom stereocenters. The van der Waals surface area contributed by atoms with Crippen molar-refractivity contribution in [3.8, 4) is 0 Å². The van der Waals surface area contributed by atoms with Gasteiger partial charge in [-0.3, -0.25) is 9.78 Å². The molecule has 2 aliphatic rings. The van der Waals surface area contributed by atoms with Crippen molar-refractivity contribution in [3.05, 3.63) is 21.6 Å². The fourth-order valence-electron chi connectivity index (χ4n) is 2.89. The first-order valence-electron chi connectivity index (χ1n) is 7.47. The number of H-pyrrole nitrogens is 1. The third kappa shape index (κ3) is 2.72. The maximum absolute atomic E-state index is 12.0. The number of rotatable bonds is 2. The second kappa shape index (κ2) is 5.75. The standard InChI is InChI=1S/C14H20N4O3/c1-2-21-14(20)18-8-6-17(7-9-18)13-15-11-5-3-4-10(11)12(19)16-13/h2-9H2,1H3,(H,15,16,19). The van der Waals surface area contributed by atoms with Gasteiger partial charge >= 0.3 is 6.09 Å². The number of aromatic amines is 1. The molecule has 1 aromatic heterocycles. The topological polar surface area (TPSA) is 78.5 Å². The van der Waals surface area contributed by atoms with Gasteiger partial charge in [0.25, 0.3) is 5.56 Å². The van der Waals surface area contributed by atoms with Crippen LogP contribution in [-0.4, -0.2) is 53.7 Å². The summed E-state index contributed by atoms with van der Waals surface area (Å²) in [5.74, 6) is 0.629. The molecule has 1 aromatic rings. The summed E-state index contributed by atoms with van der Waals surface area (Å²) in [7, 11) is 0. The number of carbonyl (C=O) groups is 1. The Hall–Kier alpha value is -2.05. The first-order valence-corrected chi connectivity index (χ1v) is 7.47. The van der Waals surface area contributed by atoms with Crippen LogP contribution in [0.1, 0.15) is 24.6 Å². The van der Waals surface area contributed by atoms with Gasteiger partial charge in [-0.2, -0.15) is 0 Å². The van der Waals surface area contributed by atoms with Crippen molar-refractivity contribution in [3.63, 3.8) is 0 Å². The molecule has 21 heavy (non-hydrogen) atoms. The molecule has 1 fully saturated rings. The quantitative estimate of drug-likeness (QED) is 0.860. The normalized spacial score (nSPS) is 17.8. The molecule has 114 valence electrons. The van der Waals surface area contributed by atoms with Crippen molar-refractivity contribution in [1.29, 1.82) is 0 Å². The van der Waals surface area contributed by atoms with E-state index in [1.165, 1.54) is 0 Å². The molecule has 2 heterocycles. The van der Waals surface area contributed by atoms with Gasteiger partial charge in [-0.05, 0) is 26.2 Å². The maximum atomic E-state index is 12.0. The van der Waals surface area contributed by atoms with E-state index >= 15 is 0 Å². The van der Waals surface area contributed by atoms with Crippen LogP contribution >= 0.6 is 0 Å². The lowest BCUT2D eigenvalue weighted by atomic mass is 10.2. The highest BCUT2D eigenvalue weighted by atomic mass is 16.6. The molecule has 7 heteroatoms. The molecule has 0 radical (unpaired) electrons. The van der Waals surface area contributed by atoms with Crippen molar-refractivity contribution in [2.24, 2.45) is 0 Å². The molecule has 1 saturated heterocycles. The van der Waals surface area contributed by atoms with Gasteiger partial charge in [-0.1, -0.05) is 0 Å². The van der Waals surface area contributed by atoms with Gasteiger partial charge in [-0.25, -0.2) is 9.78 Å². The minimum atomic E-state index is -0.271. The van der Waals surface area contributed by atoms with E-state index in [4.69, 9.17) is 4.74 Å². The van der Waals surface area contributed by atoms with E-state index in [0.717, 1.165) is 30.5 Å². The van der Waals surface area contributed by atoms with Crippen LogP contribution in [0, 0.1) is 0 Å². The molecule has 3 rings (SSSR count). The Balaban J connectivity index is 1.69. The molecule has 1 amide bonds. The van der Waals surface area contributed by atoms with Crippen molar-refractivity contribution >= 4 is 12.0 Å². The highest BCUT2D eigenvalue weighted by Crippen LogP contribution is 2.19. The van der Waals surface area contributed by atoms with E-state index in [9.17, 15) is 9.59 Å². The van der Waals surface area contributed by atoms with E-state index in [2.05, 4.69) is 9.97 Å². The number of carbonyl (C=O) groups excluding carboxylic acids is 1. The lowest BCUT2D eigenvalue weighted by Crippen LogP contribution is -2.49. The van der Waals surface area contributed by atoms with E-state index in [1.54, 1.807) is 11.8 Å². The summed E-state index contributed by atoms with van der Waals surface area (Å²) in [6.07, 6.45) is 2.45. The van der Waals surface area contributed by atoms with E-state index in [-0.39, 0.29) is 11.7 Å². The lowest BCUT2D eigenvalue weighted by Gasteiger charge is -2.34. The van der Waals surface area contributed by atoms with Crippen LogP contribution in [-0.2, 0) is 17.6 Å². The highest BCUT2D eigenvalue weighted by molar-refractivity contribution is 5.68. The summed E-state index contributed by atoms with van der Waals surface area (Å²) in [6.45, 7) is 4.66. The van der Waals surface area contributed by atoms with Crippen molar-refractivity contribution in [1.82, 2.24) is 14.9 Å². The second-order valence-corrected chi connectivity index (χ2v) is 5.34. The minimum absolute atomic E-state index is 0.0136. The summed E-state index contributed by atoms with van der Waals surface area (Å²) in [5.41, 5.74) is 1.76. The van der Waals surface area contributed by atoms with Gasteiger partial charge in [-0.15, -0.1) is 0 Å². The van der Waals surface area contributed by atoms with Crippen LogP contribution in [0.15, 0.2) is 4.79 Å². The van der Waals surface area contributed by atoms with Gasteiger partial charge in [0.15, 0.2) is 0 Å². The van der Waals surface area contributed by atoms with Gasteiger partial charge in [0, 0.05) is 31.7 Å². The number of amides is 1. The fraction of sp³-hybridized carbons (Fsp3) is 0.643. The summed E-state index contributed by atoms with van der Waals surface area (Å²) >= 11 is 0. The van der Waals surface area contributed by atoms with E-state index < -0.39 is 0 Å². The van der Waals surface area contributed by atoms with Gasteiger partial charge < -0.3 is 14.5 Å². The third-order valence-electron chi connectivity index (χ3n) is 4.03. The molecule has 0 saturated carbocycles. The van der Waals surface area contributed by atoms with Gasteiger partial charge in [0.05, 0.1) is 12.3 Å². The SMILES string of the molecule is CCOC(=O)N1CCN(c2nc3c(c(=O)[nH]2)CCC3)CC1. The average molecular weight is 292 g/mol. The summed E-state index contributed by atoms with van der Waals surface area (Å²) in [6, 6.07) is 0. The molecule has 1 aliphatic carbocycles. The number of ether oxygens (including phenoxy) is 1. The van der Waals surface area contributed by atoms with Crippen molar-refractivity contribution in [2.45, 2.75) is 26.2 Å². The van der Waals surface area contributed by atoms with Crippen LogP contribution < -0.4 is 10.5 Å². The highest BCUT2D eigenvalue weighted by Gasteiger charge is 2.25. The molecular weight excluding hydrogens is 272 g/mol. The number of nitrogens with one attached hydrogen (secondary N) is 1. The first-order chi connectivity index (χ1) is 10.2. The third-order valence-corrected chi connectivity index (χ3v) is 4.03. The number of hydrogen-bond donors (Lipinski definition) is 1. The van der Waals surface area contributed by atoms with Gasteiger partial charge in [0.2, 0.25) is 5.95 Å². The number of aryl methyl sites for hydroxylation is 1. The Morgan fingerprint density at radius 1 is 1.29 bits per heavy atom. The van der Waals surface area contributed by atoms with E-state index in [1.807, 2.05) is 4.90 Å². The van der Waals surface area contributed by atoms with Gasteiger partial charge in [0.1, 0.15) is 0 Å². The predicted octanol–water partition coefficient (Wildman–Crippen LogP) is 0.537. The zero-order valence-corrected chi connectivity index (χ0v) is 12.2. The average Bonchev–Trinajstić information content (AvgIpc) is 2.97. The van der Waals surface area contributed by atoms with Crippen LogP contribution in [0.4, 0.5) is 10.7 Å². The molecule has 0 spiro atoms. The number of hydrogen-bond acceptors (Lipinski definition) is 5. The van der Waals surface area contributed by atoms with Crippen LogP contribution in [0.25, 0.3) is 0 Å². The molecule has 1 aliphatic heterocycles.